The van der Waals surface area contributed by atoms with E-state index in [1.165, 1.54) is 29.1 Å². The van der Waals surface area contributed by atoms with Gasteiger partial charge in [0, 0.05) is 35.8 Å². The molecule has 2 aromatic carbocycles. The Balaban J connectivity index is 1.34. The number of nitrogens with zero attached hydrogens (tertiary/aromatic N) is 3. The van der Waals surface area contributed by atoms with Gasteiger partial charge in [-0.05, 0) is 42.4 Å². The van der Waals surface area contributed by atoms with Gasteiger partial charge >= 0.3 is 5.97 Å². The fourth-order valence-electron chi connectivity index (χ4n) is 4.34. The smallest absolute Gasteiger partial charge is 0.304 e. The van der Waals surface area contributed by atoms with Crippen LogP contribution in [-0.4, -0.2) is 40.6 Å². The van der Waals surface area contributed by atoms with Crippen molar-refractivity contribution in [2.45, 2.75) is 25.7 Å². The second-order valence-electron chi connectivity index (χ2n) is 9.58. The van der Waals surface area contributed by atoms with Crippen LogP contribution < -0.4 is 9.64 Å². The summed E-state index contributed by atoms with van der Waals surface area (Å²) >= 11 is 1.36. The van der Waals surface area contributed by atoms with Crippen molar-refractivity contribution in [3.63, 3.8) is 0 Å². The van der Waals surface area contributed by atoms with Crippen molar-refractivity contribution in [3.05, 3.63) is 83.9 Å². The van der Waals surface area contributed by atoms with Crippen molar-refractivity contribution >= 4 is 28.3 Å². The molecule has 5 rings (SSSR count). The summed E-state index contributed by atoms with van der Waals surface area (Å²) in [6.45, 7) is 0.718. The van der Waals surface area contributed by atoms with E-state index >= 15 is 0 Å². The number of carbonyl (C=O) groups excluding carboxylic acids is 1. The van der Waals surface area contributed by atoms with Crippen LogP contribution in [0.3, 0.4) is 0 Å². The maximum Gasteiger partial charge on any atom is 0.304 e. The number of hydrogen-bond acceptors (Lipinski definition) is 6. The standard InChI is InChI=1S/C30H29N3O4S/c1-33(29(36)23(16-28(34)35)15-20-7-3-2-4-8-20)30-32-26(19-38-30)25-10-6-5-9-24(25)22-13-14-27(31-17-22)37-18-21-11-12-21/h2-10,13-14,17,19,21,23H,11-12,15-16,18H2,1H3,(H,34,35). The zero-order valence-corrected chi connectivity index (χ0v) is 21.9. The number of carboxylic acid groups (broad SMARTS) is 1. The largest absolute Gasteiger partial charge is 0.481 e. The average molecular weight is 528 g/mol. The molecule has 1 N–H and O–H groups in total. The molecule has 0 spiro atoms. The third-order valence-corrected chi connectivity index (χ3v) is 7.54. The highest BCUT2D eigenvalue weighted by molar-refractivity contribution is 7.14. The number of amides is 1. The number of benzene rings is 2. The Morgan fingerprint density at radius 2 is 1.79 bits per heavy atom. The van der Waals surface area contributed by atoms with Gasteiger partial charge in [-0.2, -0.15) is 0 Å². The molecular weight excluding hydrogens is 498 g/mol. The van der Waals surface area contributed by atoms with Crippen LogP contribution in [-0.2, 0) is 16.0 Å². The number of anilines is 1. The Hall–Kier alpha value is -4.04. The fourth-order valence-corrected chi connectivity index (χ4v) is 5.13. The van der Waals surface area contributed by atoms with Gasteiger partial charge in [0.2, 0.25) is 11.8 Å². The van der Waals surface area contributed by atoms with Crippen molar-refractivity contribution in [1.29, 1.82) is 0 Å². The van der Waals surface area contributed by atoms with Gasteiger partial charge < -0.3 is 9.84 Å². The number of ether oxygens (including phenoxy) is 1. The Morgan fingerprint density at radius 1 is 1.05 bits per heavy atom. The molecule has 1 saturated carbocycles. The predicted molar refractivity (Wildman–Crippen MR) is 148 cm³/mol. The number of hydrogen-bond donors (Lipinski definition) is 1. The first kappa shape index (κ1) is 25.6. The molecule has 194 valence electrons. The quantitative estimate of drug-likeness (QED) is 0.259. The second kappa shape index (κ2) is 11.6. The first-order chi connectivity index (χ1) is 18.5. The molecule has 8 heteroatoms. The first-order valence-corrected chi connectivity index (χ1v) is 13.5. The number of aromatic nitrogens is 2. The fraction of sp³-hybridized carbons (Fsp3) is 0.267. The Bertz CT molecular complexity index is 1400. The van der Waals surface area contributed by atoms with Crippen molar-refractivity contribution in [3.8, 4) is 28.3 Å². The molecule has 7 nitrogen and oxygen atoms in total. The van der Waals surface area contributed by atoms with Gasteiger partial charge in [0.1, 0.15) is 0 Å². The molecule has 4 aromatic rings. The minimum atomic E-state index is -1.00. The summed E-state index contributed by atoms with van der Waals surface area (Å²) in [5.74, 6) is -0.666. The minimum absolute atomic E-state index is 0.244. The zero-order valence-electron chi connectivity index (χ0n) is 21.1. The van der Waals surface area contributed by atoms with E-state index in [1.807, 2.05) is 78.3 Å². The molecule has 1 fully saturated rings. The summed E-state index contributed by atoms with van der Waals surface area (Å²) in [5.41, 5.74) is 4.52. The summed E-state index contributed by atoms with van der Waals surface area (Å²) in [7, 11) is 1.65. The molecule has 1 unspecified atom stereocenters. The SMILES string of the molecule is CN(C(=O)C(CC(=O)O)Cc1ccccc1)c1nc(-c2ccccc2-c2ccc(OCC3CC3)nc2)cs1. The highest BCUT2D eigenvalue weighted by atomic mass is 32.1. The van der Waals surface area contributed by atoms with Crippen LogP contribution in [0, 0.1) is 11.8 Å². The molecular formula is C30H29N3O4S. The van der Waals surface area contributed by atoms with Gasteiger partial charge in [-0.15, -0.1) is 11.3 Å². The van der Waals surface area contributed by atoms with E-state index < -0.39 is 11.9 Å². The number of carboxylic acids is 1. The number of rotatable bonds is 11. The molecule has 1 aliphatic rings. The molecule has 1 amide bonds. The van der Waals surface area contributed by atoms with E-state index in [0.29, 0.717) is 23.4 Å². The molecule has 1 aliphatic carbocycles. The van der Waals surface area contributed by atoms with Crippen LogP contribution in [0.2, 0.25) is 0 Å². The van der Waals surface area contributed by atoms with Gasteiger partial charge in [-0.3, -0.25) is 14.5 Å². The van der Waals surface area contributed by atoms with Crippen molar-refractivity contribution in [2.24, 2.45) is 11.8 Å². The first-order valence-electron chi connectivity index (χ1n) is 12.7. The predicted octanol–water partition coefficient (Wildman–Crippen LogP) is 5.96. The van der Waals surface area contributed by atoms with Gasteiger partial charge in [0.05, 0.1) is 24.6 Å². The molecule has 2 heterocycles. The molecule has 2 aromatic heterocycles. The number of pyridine rings is 1. The summed E-state index contributed by atoms with van der Waals surface area (Å²) in [4.78, 5) is 35.6. The van der Waals surface area contributed by atoms with E-state index in [4.69, 9.17) is 9.72 Å². The van der Waals surface area contributed by atoms with Gasteiger partial charge in [-0.25, -0.2) is 9.97 Å². The zero-order chi connectivity index (χ0) is 26.5. The average Bonchev–Trinajstić information content (AvgIpc) is 3.65. The van der Waals surface area contributed by atoms with Gasteiger partial charge in [0.15, 0.2) is 5.13 Å². The second-order valence-corrected chi connectivity index (χ2v) is 10.4. The van der Waals surface area contributed by atoms with E-state index in [2.05, 4.69) is 4.98 Å². The van der Waals surface area contributed by atoms with Crippen molar-refractivity contribution < 1.29 is 19.4 Å². The summed E-state index contributed by atoms with van der Waals surface area (Å²) < 4.78 is 5.77. The van der Waals surface area contributed by atoms with Crippen LogP contribution in [0.1, 0.15) is 24.8 Å². The van der Waals surface area contributed by atoms with E-state index in [1.54, 1.807) is 7.05 Å². The Kier molecular flexibility index (Phi) is 7.79. The molecule has 0 bridgehead atoms. The molecule has 0 radical (unpaired) electrons. The minimum Gasteiger partial charge on any atom is -0.481 e. The van der Waals surface area contributed by atoms with E-state index in [0.717, 1.165) is 34.6 Å². The van der Waals surface area contributed by atoms with Crippen LogP contribution in [0.15, 0.2) is 78.3 Å². The lowest BCUT2D eigenvalue weighted by Gasteiger charge is -2.21. The number of carbonyl (C=O) groups is 2. The normalized spacial score (nSPS) is 13.6. The topological polar surface area (TPSA) is 92.6 Å². The molecule has 0 saturated heterocycles. The Labute approximate surface area is 225 Å². The monoisotopic (exact) mass is 527 g/mol. The lowest BCUT2D eigenvalue weighted by Crippen LogP contribution is -2.35. The molecule has 1 atom stereocenters. The summed E-state index contributed by atoms with van der Waals surface area (Å²) in [6, 6.07) is 21.3. The Morgan fingerprint density at radius 3 is 2.47 bits per heavy atom. The molecule has 38 heavy (non-hydrogen) atoms. The maximum atomic E-state index is 13.4. The lowest BCUT2D eigenvalue weighted by molar-refractivity contribution is -0.140. The van der Waals surface area contributed by atoms with Crippen LogP contribution in [0.4, 0.5) is 5.13 Å². The third kappa shape index (κ3) is 6.26. The van der Waals surface area contributed by atoms with E-state index in [-0.39, 0.29) is 12.3 Å². The van der Waals surface area contributed by atoms with Gasteiger partial charge in [-0.1, -0.05) is 54.6 Å². The van der Waals surface area contributed by atoms with Crippen LogP contribution in [0.5, 0.6) is 5.88 Å². The van der Waals surface area contributed by atoms with Crippen molar-refractivity contribution in [2.75, 3.05) is 18.6 Å². The highest BCUT2D eigenvalue weighted by Crippen LogP contribution is 2.35. The maximum absolute atomic E-state index is 13.4. The highest BCUT2D eigenvalue weighted by Gasteiger charge is 2.27. The van der Waals surface area contributed by atoms with Gasteiger partial charge in [0.25, 0.3) is 0 Å². The summed E-state index contributed by atoms with van der Waals surface area (Å²) in [6.07, 6.45) is 4.38. The van der Waals surface area contributed by atoms with E-state index in [9.17, 15) is 14.7 Å². The molecule has 0 aliphatic heterocycles. The summed E-state index contributed by atoms with van der Waals surface area (Å²) in [5, 5.41) is 11.9. The number of aliphatic carboxylic acids is 1. The lowest BCUT2D eigenvalue weighted by atomic mass is 9.95. The number of thiazole rings is 1. The third-order valence-electron chi connectivity index (χ3n) is 6.62. The van der Waals surface area contributed by atoms with Crippen LogP contribution >= 0.6 is 11.3 Å². The van der Waals surface area contributed by atoms with Crippen LogP contribution in [0.25, 0.3) is 22.4 Å². The van der Waals surface area contributed by atoms with Crippen molar-refractivity contribution in [1.82, 2.24) is 9.97 Å².